The number of aryl methyl sites for hydroxylation is 2. The van der Waals surface area contributed by atoms with E-state index in [0.717, 1.165) is 31.7 Å². The van der Waals surface area contributed by atoms with E-state index in [1.165, 1.54) is 35.2 Å². The summed E-state index contributed by atoms with van der Waals surface area (Å²) in [6.07, 6.45) is 5.63. The first-order chi connectivity index (χ1) is 12.6. The maximum absolute atomic E-state index is 4.75. The van der Waals surface area contributed by atoms with Crippen molar-refractivity contribution < 1.29 is 0 Å². The molecule has 26 heavy (non-hydrogen) atoms. The molecule has 0 aromatic heterocycles. The first-order valence-corrected chi connectivity index (χ1v) is 9.94. The van der Waals surface area contributed by atoms with Crippen molar-refractivity contribution in [3.63, 3.8) is 0 Å². The van der Waals surface area contributed by atoms with Crippen LogP contribution in [0.25, 0.3) is 0 Å². The summed E-state index contributed by atoms with van der Waals surface area (Å²) in [5.41, 5.74) is 6.40. The summed E-state index contributed by atoms with van der Waals surface area (Å²) in [4.78, 5) is 7.44. The highest BCUT2D eigenvalue weighted by Crippen LogP contribution is 2.28. The number of benzene rings is 1. The molecule has 4 rings (SSSR count). The number of aliphatic imine (C=N–C) groups is 1. The minimum absolute atomic E-state index is 0.0763. The van der Waals surface area contributed by atoms with E-state index >= 15 is 0 Å². The van der Waals surface area contributed by atoms with Crippen molar-refractivity contribution in [2.45, 2.75) is 58.4 Å². The fourth-order valence-corrected chi connectivity index (χ4v) is 4.63. The Bertz CT molecular complexity index is 697. The van der Waals surface area contributed by atoms with Gasteiger partial charge in [-0.15, -0.1) is 0 Å². The molecule has 1 aromatic rings. The van der Waals surface area contributed by atoms with Crippen LogP contribution in [0.1, 0.15) is 37.3 Å². The molecule has 3 aliphatic rings. The van der Waals surface area contributed by atoms with Crippen LogP contribution in [-0.2, 0) is 0 Å². The number of nitrogens with zero attached hydrogens (tertiary/aromatic N) is 2. The fraction of sp³-hybridized carbons (Fsp3) is 0.571. The van der Waals surface area contributed by atoms with E-state index in [9.17, 15) is 0 Å². The smallest absolute Gasteiger partial charge is 0.193 e. The van der Waals surface area contributed by atoms with Gasteiger partial charge in [0.05, 0.1) is 0 Å². The number of piperidine rings is 1. The molecule has 1 saturated heterocycles. The minimum atomic E-state index is -0.0763. The van der Waals surface area contributed by atoms with Crippen LogP contribution in [-0.4, -0.2) is 49.1 Å². The van der Waals surface area contributed by atoms with Gasteiger partial charge >= 0.3 is 0 Å². The number of anilines is 1. The predicted octanol–water partition coefficient (Wildman–Crippen LogP) is 2.77. The van der Waals surface area contributed by atoms with Crippen molar-refractivity contribution in [2.75, 3.05) is 25.0 Å². The van der Waals surface area contributed by atoms with Gasteiger partial charge in [-0.2, -0.15) is 0 Å². The number of hydrogen-bond donors (Lipinski definition) is 3. The van der Waals surface area contributed by atoms with Crippen molar-refractivity contribution >= 4 is 11.9 Å². The van der Waals surface area contributed by atoms with E-state index < -0.39 is 0 Å². The summed E-state index contributed by atoms with van der Waals surface area (Å²) in [6.45, 7) is 10.0. The molecule has 0 radical (unpaired) electrons. The summed E-state index contributed by atoms with van der Waals surface area (Å²) in [6, 6.07) is 7.70. The lowest BCUT2D eigenvalue weighted by Crippen LogP contribution is -2.53. The standard InChI is InChI=1S/C21H31N5/c1-14-10-15(2)12-17(11-14)24-21-23-13-19-16(3)26(9-6-20(19)25-21)18-4-7-22-8-5-18/h10-13,16,18,21-22,24-25H,4-9H2,1-3H3. The Morgan fingerprint density at radius 1 is 1.12 bits per heavy atom. The van der Waals surface area contributed by atoms with Crippen molar-refractivity contribution in [3.8, 4) is 0 Å². The molecule has 0 spiro atoms. The minimum Gasteiger partial charge on any atom is -0.350 e. The molecule has 3 N–H and O–H groups in total. The zero-order valence-corrected chi connectivity index (χ0v) is 16.2. The van der Waals surface area contributed by atoms with Crippen molar-refractivity contribution in [1.29, 1.82) is 0 Å². The van der Waals surface area contributed by atoms with E-state index in [4.69, 9.17) is 4.99 Å². The second kappa shape index (κ2) is 7.41. The zero-order chi connectivity index (χ0) is 18.1. The quantitative estimate of drug-likeness (QED) is 0.782. The lowest BCUT2D eigenvalue weighted by molar-refractivity contribution is 0.127. The van der Waals surface area contributed by atoms with E-state index in [0.29, 0.717) is 12.1 Å². The van der Waals surface area contributed by atoms with Crippen LogP contribution < -0.4 is 16.0 Å². The molecular formula is C21H31N5. The van der Waals surface area contributed by atoms with Crippen LogP contribution in [0, 0.1) is 13.8 Å². The van der Waals surface area contributed by atoms with Gasteiger partial charge in [-0.3, -0.25) is 4.90 Å². The molecule has 3 aliphatic heterocycles. The molecule has 2 unspecified atom stereocenters. The van der Waals surface area contributed by atoms with Gasteiger partial charge in [0.2, 0.25) is 0 Å². The Labute approximate surface area is 157 Å². The number of hydrogen-bond acceptors (Lipinski definition) is 5. The fourth-order valence-electron chi connectivity index (χ4n) is 4.63. The summed E-state index contributed by atoms with van der Waals surface area (Å²) < 4.78 is 0. The first-order valence-electron chi connectivity index (χ1n) is 9.94. The maximum atomic E-state index is 4.75. The Morgan fingerprint density at radius 3 is 2.58 bits per heavy atom. The highest BCUT2D eigenvalue weighted by atomic mass is 15.3. The Hall–Kier alpha value is -1.85. The number of nitrogens with one attached hydrogen (secondary N) is 3. The van der Waals surface area contributed by atoms with Crippen LogP contribution in [0.15, 0.2) is 34.5 Å². The third-order valence-corrected chi connectivity index (χ3v) is 5.89. The first kappa shape index (κ1) is 17.6. The van der Waals surface area contributed by atoms with Crippen LogP contribution in [0.3, 0.4) is 0 Å². The van der Waals surface area contributed by atoms with Gasteiger partial charge in [0, 0.05) is 48.2 Å². The molecule has 1 fully saturated rings. The zero-order valence-electron chi connectivity index (χ0n) is 16.2. The molecule has 0 saturated carbocycles. The summed E-state index contributed by atoms with van der Waals surface area (Å²) >= 11 is 0. The maximum Gasteiger partial charge on any atom is 0.193 e. The third-order valence-electron chi connectivity index (χ3n) is 5.89. The van der Waals surface area contributed by atoms with E-state index in [1.807, 2.05) is 0 Å². The molecule has 140 valence electrons. The predicted molar refractivity (Wildman–Crippen MR) is 109 cm³/mol. The molecule has 0 bridgehead atoms. The molecule has 5 nitrogen and oxygen atoms in total. The molecule has 0 amide bonds. The largest absolute Gasteiger partial charge is 0.350 e. The summed E-state index contributed by atoms with van der Waals surface area (Å²) in [5.74, 6) is 0. The summed E-state index contributed by atoms with van der Waals surface area (Å²) in [7, 11) is 0. The van der Waals surface area contributed by atoms with Crippen LogP contribution in [0.4, 0.5) is 5.69 Å². The Balaban J connectivity index is 1.44. The average Bonchev–Trinajstić information content (AvgIpc) is 2.62. The monoisotopic (exact) mass is 353 g/mol. The van der Waals surface area contributed by atoms with Gasteiger partial charge in [0.15, 0.2) is 6.29 Å². The van der Waals surface area contributed by atoms with Gasteiger partial charge in [-0.25, -0.2) is 4.99 Å². The lowest BCUT2D eigenvalue weighted by atomic mass is 9.93. The topological polar surface area (TPSA) is 51.7 Å². The van der Waals surface area contributed by atoms with Crippen molar-refractivity contribution in [1.82, 2.24) is 15.5 Å². The van der Waals surface area contributed by atoms with Gasteiger partial charge < -0.3 is 16.0 Å². The van der Waals surface area contributed by atoms with E-state index in [1.54, 1.807) is 0 Å². The molecular weight excluding hydrogens is 322 g/mol. The molecule has 5 heteroatoms. The second-order valence-electron chi connectivity index (χ2n) is 7.92. The van der Waals surface area contributed by atoms with E-state index in [2.05, 4.69) is 66.0 Å². The second-order valence-corrected chi connectivity index (χ2v) is 7.92. The normalized spacial score (nSPS) is 27.2. The van der Waals surface area contributed by atoms with E-state index in [-0.39, 0.29) is 6.29 Å². The summed E-state index contributed by atoms with van der Waals surface area (Å²) in [5, 5.41) is 10.6. The molecule has 0 aliphatic carbocycles. The van der Waals surface area contributed by atoms with Crippen LogP contribution in [0.5, 0.6) is 0 Å². The SMILES string of the molecule is Cc1cc(C)cc(NC2N=CC3=C(CCN(C4CCNCC4)C3C)N2)c1. The van der Waals surface area contributed by atoms with Crippen LogP contribution >= 0.6 is 0 Å². The van der Waals surface area contributed by atoms with Gasteiger partial charge in [-0.1, -0.05) is 6.07 Å². The van der Waals surface area contributed by atoms with Gasteiger partial charge in [0.25, 0.3) is 0 Å². The van der Waals surface area contributed by atoms with Crippen molar-refractivity contribution in [2.24, 2.45) is 4.99 Å². The van der Waals surface area contributed by atoms with Gasteiger partial charge in [0.1, 0.15) is 0 Å². The number of rotatable bonds is 3. The highest BCUT2D eigenvalue weighted by molar-refractivity contribution is 5.83. The van der Waals surface area contributed by atoms with Crippen molar-refractivity contribution in [3.05, 3.63) is 40.6 Å². The lowest BCUT2D eigenvalue weighted by Gasteiger charge is -2.44. The molecule has 2 atom stereocenters. The Kier molecular flexibility index (Phi) is 5.00. The molecule has 3 heterocycles. The Morgan fingerprint density at radius 2 is 1.85 bits per heavy atom. The third kappa shape index (κ3) is 3.64. The van der Waals surface area contributed by atoms with Crippen LogP contribution in [0.2, 0.25) is 0 Å². The van der Waals surface area contributed by atoms with Gasteiger partial charge in [-0.05, 0) is 70.0 Å². The average molecular weight is 354 g/mol. The molecule has 1 aromatic carbocycles. The highest BCUT2D eigenvalue weighted by Gasteiger charge is 2.33.